The van der Waals surface area contributed by atoms with E-state index in [0.717, 1.165) is 11.1 Å². The number of rotatable bonds is 7. The van der Waals surface area contributed by atoms with Crippen molar-refractivity contribution < 1.29 is 23.7 Å². The lowest BCUT2D eigenvalue weighted by molar-refractivity contribution is -0.140. The Bertz CT molecular complexity index is 709. The number of carbonyl (C=O) groups excluding carboxylic acids is 1. The van der Waals surface area contributed by atoms with Gasteiger partial charge in [-0.2, -0.15) is 0 Å². The molecule has 2 aromatic rings. The van der Waals surface area contributed by atoms with E-state index in [1.165, 1.54) is 7.11 Å². The van der Waals surface area contributed by atoms with Crippen molar-refractivity contribution in [2.24, 2.45) is 0 Å². The minimum atomic E-state index is -0.170. The largest absolute Gasteiger partial charge is 0.493 e. The number of halogens is 1. The summed E-state index contributed by atoms with van der Waals surface area (Å²) in [6.07, 6.45) is 7.96. The molecule has 2 rings (SSSR count). The van der Waals surface area contributed by atoms with Crippen LogP contribution in [0.1, 0.15) is 17.5 Å². The predicted molar refractivity (Wildman–Crippen MR) is 110 cm³/mol. The number of hydrogen-bond acceptors (Lipinski definition) is 6. The first kappa shape index (κ1) is 22.5. The highest BCUT2D eigenvalue weighted by molar-refractivity contribution is 9.09. The van der Waals surface area contributed by atoms with Gasteiger partial charge in [0.05, 0.1) is 34.9 Å². The maximum absolute atomic E-state index is 10.2. The highest BCUT2D eigenvalue weighted by Crippen LogP contribution is 2.38. The number of benzene rings is 1. The van der Waals surface area contributed by atoms with Crippen LogP contribution >= 0.6 is 15.9 Å². The zero-order valence-corrected chi connectivity index (χ0v) is 17.5. The standard InChI is InChI=1S/C16H17NO3.C4H7BrO2/c1-18-14-9-13(10-15(19-2)16(14)20-3)7-6-12-5-4-8-17-11-12;1-7-4(6)2-3-5/h4-11H,1-3H3;2-3H2,1H3/b7-6+;. The Kier molecular flexibility index (Phi) is 10.6. The van der Waals surface area contributed by atoms with Crippen LogP contribution in [-0.2, 0) is 9.53 Å². The molecule has 0 amide bonds. The van der Waals surface area contributed by atoms with E-state index in [2.05, 4.69) is 25.7 Å². The van der Waals surface area contributed by atoms with Gasteiger partial charge in [-0.3, -0.25) is 9.78 Å². The molecule has 27 heavy (non-hydrogen) atoms. The van der Waals surface area contributed by atoms with Gasteiger partial charge >= 0.3 is 5.97 Å². The fourth-order valence-corrected chi connectivity index (χ4v) is 2.37. The second kappa shape index (κ2) is 12.8. The molecule has 1 heterocycles. The number of hydrogen-bond donors (Lipinski definition) is 0. The van der Waals surface area contributed by atoms with Crippen LogP contribution in [0.5, 0.6) is 17.2 Å². The van der Waals surface area contributed by atoms with Crippen molar-refractivity contribution in [1.82, 2.24) is 4.98 Å². The quantitative estimate of drug-likeness (QED) is 0.477. The normalized spacial score (nSPS) is 9.96. The zero-order chi connectivity index (χ0) is 20.1. The Labute approximate surface area is 168 Å². The molecule has 0 fully saturated rings. The first-order valence-electron chi connectivity index (χ1n) is 8.10. The number of alkyl halides is 1. The molecule has 0 spiro atoms. The molecular formula is C20H24BrNO5. The molecule has 0 saturated heterocycles. The molecule has 0 aliphatic carbocycles. The lowest BCUT2D eigenvalue weighted by Crippen LogP contribution is -1.99. The number of carbonyl (C=O) groups is 1. The van der Waals surface area contributed by atoms with Gasteiger partial charge < -0.3 is 18.9 Å². The maximum Gasteiger partial charge on any atom is 0.306 e. The van der Waals surface area contributed by atoms with Crippen LogP contribution in [0.3, 0.4) is 0 Å². The van der Waals surface area contributed by atoms with Crippen LogP contribution in [-0.4, -0.2) is 44.7 Å². The number of aromatic nitrogens is 1. The topological polar surface area (TPSA) is 66.9 Å². The fourth-order valence-electron chi connectivity index (χ4n) is 2.04. The number of ether oxygens (including phenoxy) is 4. The van der Waals surface area contributed by atoms with Crippen LogP contribution < -0.4 is 14.2 Å². The Morgan fingerprint density at radius 3 is 2.07 bits per heavy atom. The average Bonchev–Trinajstić information content (AvgIpc) is 2.72. The number of esters is 1. The molecule has 1 aromatic carbocycles. The van der Waals surface area contributed by atoms with Gasteiger partial charge in [-0.05, 0) is 29.3 Å². The molecule has 0 radical (unpaired) electrons. The van der Waals surface area contributed by atoms with Gasteiger partial charge in [0.2, 0.25) is 5.75 Å². The molecule has 7 heteroatoms. The van der Waals surface area contributed by atoms with Crippen molar-refractivity contribution in [3.05, 3.63) is 47.8 Å². The molecule has 0 bridgehead atoms. The number of nitrogens with zero attached hydrogens (tertiary/aromatic N) is 1. The summed E-state index contributed by atoms with van der Waals surface area (Å²) in [6, 6.07) is 7.68. The van der Waals surface area contributed by atoms with Gasteiger partial charge in [0.25, 0.3) is 0 Å². The maximum atomic E-state index is 10.2. The molecule has 146 valence electrons. The molecule has 0 saturated carbocycles. The predicted octanol–water partition coefficient (Wildman–Crippen LogP) is 4.22. The van der Waals surface area contributed by atoms with E-state index in [4.69, 9.17) is 14.2 Å². The summed E-state index contributed by atoms with van der Waals surface area (Å²) >= 11 is 3.09. The van der Waals surface area contributed by atoms with Crippen LogP contribution in [0.4, 0.5) is 0 Å². The van der Waals surface area contributed by atoms with Gasteiger partial charge in [0.1, 0.15) is 0 Å². The Morgan fingerprint density at radius 2 is 1.67 bits per heavy atom. The zero-order valence-electron chi connectivity index (χ0n) is 15.9. The van der Waals surface area contributed by atoms with E-state index in [9.17, 15) is 4.79 Å². The number of methoxy groups -OCH3 is 4. The van der Waals surface area contributed by atoms with Gasteiger partial charge in [-0.15, -0.1) is 0 Å². The van der Waals surface area contributed by atoms with E-state index >= 15 is 0 Å². The second-order valence-corrected chi connectivity index (χ2v) is 5.89. The third-order valence-corrected chi connectivity index (χ3v) is 3.76. The lowest BCUT2D eigenvalue weighted by Gasteiger charge is -2.12. The second-order valence-electron chi connectivity index (χ2n) is 5.09. The van der Waals surface area contributed by atoms with Crippen molar-refractivity contribution in [3.8, 4) is 17.2 Å². The third kappa shape index (κ3) is 7.70. The average molecular weight is 438 g/mol. The molecule has 1 aromatic heterocycles. The molecule has 0 atom stereocenters. The highest BCUT2D eigenvalue weighted by atomic mass is 79.9. The Hall–Kier alpha value is -2.54. The highest BCUT2D eigenvalue weighted by Gasteiger charge is 2.11. The van der Waals surface area contributed by atoms with Crippen molar-refractivity contribution in [3.63, 3.8) is 0 Å². The third-order valence-electron chi connectivity index (χ3n) is 3.37. The van der Waals surface area contributed by atoms with E-state index in [1.807, 2.05) is 36.4 Å². The van der Waals surface area contributed by atoms with Crippen LogP contribution in [0.15, 0.2) is 36.7 Å². The minimum Gasteiger partial charge on any atom is -0.493 e. The van der Waals surface area contributed by atoms with Gasteiger partial charge in [0.15, 0.2) is 11.5 Å². The molecular weight excluding hydrogens is 414 g/mol. The minimum absolute atomic E-state index is 0.170. The van der Waals surface area contributed by atoms with Crippen molar-refractivity contribution >= 4 is 34.1 Å². The van der Waals surface area contributed by atoms with E-state index in [1.54, 1.807) is 33.7 Å². The first-order chi connectivity index (χ1) is 13.1. The molecule has 0 aliphatic rings. The van der Waals surface area contributed by atoms with E-state index in [-0.39, 0.29) is 5.97 Å². The fraction of sp³-hybridized carbons (Fsp3) is 0.300. The molecule has 0 N–H and O–H groups in total. The van der Waals surface area contributed by atoms with Gasteiger partial charge in [0, 0.05) is 17.7 Å². The van der Waals surface area contributed by atoms with E-state index < -0.39 is 0 Å². The summed E-state index contributed by atoms with van der Waals surface area (Å²) in [4.78, 5) is 14.2. The van der Waals surface area contributed by atoms with Crippen LogP contribution in [0, 0.1) is 0 Å². The molecule has 0 unspecified atom stereocenters. The number of pyridine rings is 1. The van der Waals surface area contributed by atoms with Gasteiger partial charge in [-0.25, -0.2) is 0 Å². The molecule has 6 nitrogen and oxygen atoms in total. The Morgan fingerprint density at radius 1 is 1.04 bits per heavy atom. The summed E-state index contributed by atoms with van der Waals surface area (Å²) in [6.45, 7) is 0. The first-order valence-corrected chi connectivity index (χ1v) is 9.22. The van der Waals surface area contributed by atoms with Crippen molar-refractivity contribution in [2.45, 2.75) is 6.42 Å². The summed E-state index contributed by atoms with van der Waals surface area (Å²) in [5.41, 5.74) is 1.99. The van der Waals surface area contributed by atoms with E-state index in [0.29, 0.717) is 29.0 Å². The SMILES string of the molecule is COC(=O)CCBr.COc1cc(/C=C/c2cccnc2)cc(OC)c1OC. The Balaban J connectivity index is 0.000000445. The summed E-state index contributed by atoms with van der Waals surface area (Å²) in [5.74, 6) is 1.70. The smallest absolute Gasteiger partial charge is 0.306 e. The lowest BCUT2D eigenvalue weighted by atomic mass is 10.1. The van der Waals surface area contributed by atoms with Crippen molar-refractivity contribution in [2.75, 3.05) is 33.8 Å². The summed E-state index contributed by atoms with van der Waals surface area (Å²) < 4.78 is 20.3. The molecule has 0 aliphatic heterocycles. The summed E-state index contributed by atoms with van der Waals surface area (Å²) in [7, 11) is 6.17. The summed E-state index contributed by atoms with van der Waals surface area (Å²) in [5, 5.41) is 0.680. The van der Waals surface area contributed by atoms with Crippen LogP contribution in [0.25, 0.3) is 12.2 Å². The monoisotopic (exact) mass is 437 g/mol. The van der Waals surface area contributed by atoms with Crippen LogP contribution in [0.2, 0.25) is 0 Å². The van der Waals surface area contributed by atoms with Gasteiger partial charge in [-0.1, -0.05) is 34.1 Å². The van der Waals surface area contributed by atoms with Crippen molar-refractivity contribution in [1.29, 1.82) is 0 Å².